The molecular weight excluding hydrogens is 309 g/mol. The fourth-order valence-electron chi connectivity index (χ4n) is 1.29. The molecule has 2 N–H and O–H groups in total. The van der Waals surface area contributed by atoms with E-state index < -0.39 is 10.0 Å². The maximum absolute atomic E-state index is 11.9. The standard InChI is InChI=1S/C11H14ClN3O2S.ClH/c1-2-14-5-6-15-18(16,17)10-4-3-9(8-13)11(12)7-10;/h3-4,7,14-15H,2,5-6H2,1H3;1H. The molecule has 0 aliphatic rings. The molecule has 0 spiro atoms. The van der Waals surface area contributed by atoms with Crippen LogP contribution in [0, 0.1) is 11.3 Å². The van der Waals surface area contributed by atoms with Gasteiger partial charge < -0.3 is 5.32 Å². The first-order chi connectivity index (χ1) is 8.51. The third kappa shape index (κ3) is 5.35. The molecule has 0 heterocycles. The van der Waals surface area contributed by atoms with Crippen LogP contribution in [0.3, 0.4) is 0 Å². The second kappa shape index (κ2) is 8.35. The molecule has 19 heavy (non-hydrogen) atoms. The molecule has 0 amide bonds. The minimum atomic E-state index is -3.57. The van der Waals surface area contributed by atoms with Crippen LogP contribution in [-0.2, 0) is 10.0 Å². The van der Waals surface area contributed by atoms with Crippen molar-refractivity contribution in [3.63, 3.8) is 0 Å². The summed E-state index contributed by atoms with van der Waals surface area (Å²) in [5.41, 5.74) is 0.253. The summed E-state index contributed by atoms with van der Waals surface area (Å²) in [6.07, 6.45) is 0. The molecule has 0 atom stereocenters. The fraction of sp³-hybridized carbons (Fsp3) is 0.364. The van der Waals surface area contributed by atoms with Gasteiger partial charge >= 0.3 is 0 Å². The van der Waals surface area contributed by atoms with Crippen molar-refractivity contribution in [1.29, 1.82) is 5.26 Å². The van der Waals surface area contributed by atoms with Gasteiger partial charge in [-0.3, -0.25) is 0 Å². The first kappa shape index (κ1) is 18.2. The number of benzene rings is 1. The van der Waals surface area contributed by atoms with Gasteiger partial charge in [-0.1, -0.05) is 18.5 Å². The van der Waals surface area contributed by atoms with E-state index in [-0.39, 0.29) is 27.9 Å². The van der Waals surface area contributed by atoms with Gasteiger partial charge in [-0.05, 0) is 24.7 Å². The predicted molar refractivity (Wildman–Crippen MR) is 77.1 cm³/mol. The van der Waals surface area contributed by atoms with Crippen LogP contribution in [0.4, 0.5) is 0 Å². The molecule has 0 saturated heterocycles. The van der Waals surface area contributed by atoms with Gasteiger partial charge in [-0.25, -0.2) is 13.1 Å². The highest BCUT2D eigenvalue weighted by molar-refractivity contribution is 7.89. The largest absolute Gasteiger partial charge is 0.316 e. The molecule has 1 aromatic rings. The number of hydrogen-bond acceptors (Lipinski definition) is 4. The SMILES string of the molecule is CCNCCNS(=O)(=O)c1ccc(C#N)c(Cl)c1.Cl. The van der Waals surface area contributed by atoms with Crippen molar-refractivity contribution in [1.82, 2.24) is 10.0 Å². The Balaban J connectivity index is 0.00000324. The van der Waals surface area contributed by atoms with Crippen molar-refractivity contribution >= 4 is 34.0 Å². The zero-order valence-electron chi connectivity index (χ0n) is 10.3. The molecule has 1 rings (SSSR count). The Morgan fingerprint density at radius 2 is 2.05 bits per heavy atom. The molecule has 8 heteroatoms. The summed E-state index contributed by atoms with van der Waals surface area (Å²) in [7, 11) is -3.57. The Bertz CT molecular complexity index is 556. The number of nitrogens with one attached hydrogen (secondary N) is 2. The average molecular weight is 324 g/mol. The van der Waals surface area contributed by atoms with Gasteiger partial charge in [-0.2, -0.15) is 5.26 Å². The number of likely N-dealkylation sites (N-methyl/N-ethyl adjacent to an activating group) is 1. The molecule has 0 aliphatic heterocycles. The molecule has 5 nitrogen and oxygen atoms in total. The molecule has 1 aromatic carbocycles. The molecule has 0 saturated carbocycles. The summed E-state index contributed by atoms with van der Waals surface area (Å²) in [5, 5.41) is 11.8. The molecule has 106 valence electrons. The lowest BCUT2D eigenvalue weighted by atomic mass is 10.2. The average Bonchev–Trinajstić information content (AvgIpc) is 2.34. The van der Waals surface area contributed by atoms with Gasteiger partial charge in [0, 0.05) is 13.1 Å². The van der Waals surface area contributed by atoms with Crippen molar-refractivity contribution in [3.8, 4) is 6.07 Å². The lowest BCUT2D eigenvalue weighted by Crippen LogP contribution is -2.31. The van der Waals surface area contributed by atoms with Crippen molar-refractivity contribution in [2.75, 3.05) is 19.6 Å². The number of nitrogens with zero attached hydrogens (tertiary/aromatic N) is 1. The molecule has 0 aliphatic carbocycles. The van der Waals surface area contributed by atoms with Gasteiger partial charge in [-0.15, -0.1) is 12.4 Å². The molecule has 0 bridgehead atoms. The van der Waals surface area contributed by atoms with E-state index in [1.165, 1.54) is 18.2 Å². The highest BCUT2D eigenvalue weighted by Crippen LogP contribution is 2.19. The lowest BCUT2D eigenvalue weighted by molar-refractivity contribution is 0.577. The van der Waals surface area contributed by atoms with Gasteiger partial charge in [0.25, 0.3) is 0 Å². The maximum Gasteiger partial charge on any atom is 0.240 e. The van der Waals surface area contributed by atoms with E-state index in [0.717, 1.165) is 6.54 Å². The van der Waals surface area contributed by atoms with E-state index in [4.69, 9.17) is 16.9 Å². The van der Waals surface area contributed by atoms with Gasteiger partial charge in [0.2, 0.25) is 10.0 Å². The Hall–Kier alpha value is -0.840. The van der Waals surface area contributed by atoms with Gasteiger partial charge in [0.1, 0.15) is 6.07 Å². The first-order valence-electron chi connectivity index (χ1n) is 5.41. The summed E-state index contributed by atoms with van der Waals surface area (Å²) in [6, 6.07) is 5.90. The van der Waals surface area contributed by atoms with Crippen molar-refractivity contribution in [3.05, 3.63) is 28.8 Å². The van der Waals surface area contributed by atoms with E-state index in [1.807, 2.05) is 13.0 Å². The smallest absolute Gasteiger partial charge is 0.240 e. The number of hydrogen-bond donors (Lipinski definition) is 2. The Morgan fingerprint density at radius 3 is 2.58 bits per heavy atom. The van der Waals surface area contributed by atoms with Crippen LogP contribution in [0.25, 0.3) is 0 Å². The number of rotatable bonds is 6. The van der Waals surface area contributed by atoms with Crippen LogP contribution in [0.15, 0.2) is 23.1 Å². The van der Waals surface area contributed by atoms with E-state index in [0.29, 0.717) is 13.1 Å². The van der Waals surface area contributed by atoms with E-state index in [2.05, 4.69) is 10.0 Å². The first-order valence-corrected chi connectivity index (χ1v) is 7.27. The summed E-state index contributed by atoms with van der Waals surface area (Å²) in [4.78, 5) is 0.0583. The zero-order valence-corrected chi connectivity index (χ0v) is 12.7. The Kier molecular flexibility index (Phi) is 7.99. The van der Waals surface area contributed by atoms with Crippen LogP contribution in [-0.4, -0.2) is 28.1 Å². The summed E-state index contributed by atoms with van der Waals surface area (Å²) >= 11 is 5.79. The molecule has 0 radical (unpaired) electrons. The number of nitriles is 1. The van der Waals surface area contributed by atoms with Crippen molar-refractivity contribution in [2.24, 2.45) is 0 Å². The summed E-state index contributed by atoms with van der Waals surface area (Å²) < 4.78 is 26.2. The summed E-state index contributed by atoms with van der Waals surface area (Å²) in [6.45, 7) is 3.58. The van der Waals surface area contributed by atoms with E-state index >= 15 is 0 Å². The number of sulfonamides is 1. The third-order valence-electron chi connectivity index (χ3n) is 2.22. The second-order valence-corrected chi connectivity index (χ2v) is 5.68. The molecule has 0 aromatic heterocycles. The molecular formula is C11H15Cl2N3O2S. The Labute approximate surface area is 124 Å². The van der Waals surface area contributed by atoms with Crippen molar-refractivity contribution < 1.29 is 8.42 Å². The fourth-order valence-corrected chi connectivity index (χ4v) is 2.63. The minimum Gasteiger partial charge on any atom is -0.316 e. The van der Waals surface area contributed by atoms with Crippen molar-refractivity contribution in [2.45, 2.75) is 11.8 Å². The van der Waals surface area contributed by atoms with Crippen LogP contribution in [0.5, 0.6) is 0 Å². The topological polar surface area (TPSA) is 82.0 Å². The Morgan fingerprint density at radius 1 is 1.37 bits per heavy atom. The van der Waals surface area contributed by atoms with E-state index in [9.17, 15) is 8.42 Å². The highest BCUT2D eigenvalue weighted by Gasteiger charge is 2.14. The number of halogens is 2. The van der Waals surface area contributed by atoms with Crippen LogP contribution in [0.2, 0.25) is 5.02 Å². The van der Waals surface area contributed by atoms with E-state index in [1.54, 1.807) is 0 Å². The monoisotopic (exact) mass is 323 g/mol. The summed E-state index contributed by atoms with van der Waals surface area (Å²) in [5.74, 6) is 0. The highest BCUT2D eigenvalue weighted by atomic mass is 35.5. The van der Waals surface area contributed by atoms with Gasteiger partial charge in [0.05, 0.1) is 15.5 Å². The zero-order chi connectivity index (χ0) is 13.6. The molecule has 0 unspecified atom stereocenters. The van der Waals surface area contributed by atoms with Crippen LogP contribution < -0.4 is 10.0 Å². The second-order valence-electron chi connectivity index (χ2n) is 3.50. The predicted octanol–water partition coefficient (Wildman–Crippen LogP) is 1.52. The third-order valence-corrected chi connectivity index (χ3v) is 3.99. The van der Waals surface area contributed by atoms with Gasteiger partial charge in [0.15, 0.2) is 0 Å². The maximum atomic E-state index is 11.9. The quantitative estimate of drug-likeness (QED) is 0.778. The molecule has 0 fully saturated rings. The minimum absolute atomic E-state index is 0. The van der Waals surface area contributed by atoms with Crippen LogP contribution in [0.1, 0.15) is 12.5 Å². The lowest BCUT2D eigenvalue weighted by Gasteiger charge is -2.07. The normalized spacial score (nSPS) is 10.6. The van der Waals surface area contributed by atoms with Crippen LogP contribution >= 0.6 is 24.0 Å².